The third kappa shape index (κ3) is 6.11. The number of carbonyl (C=O) groups is 2. The van der Waals surface area contributed by atoms with Crippen molar-refractivity contribution in [3.63, 3.8) is 0 Å². The molecule has 13 heteroatoms. The largest absolute Gasteiger partial charge is 0.506 e. The highest BCUT2D eigenvalue weighted by Crippen LogP contribution is 2.37. The second-order valence-electron chi connectivity index (χ2n) is 9.80. The van der Waals surface area contributed by atoms with Crippen LogP contribution in [0.2, 0.25) is 0 Å². The Labute approximate surface area is 234 Å². The van der Waals surface area contributed by atoms with E-state index in [0.29, 0.717) is 5.69 Å². The molecule has 41 heavy (non-hydrogen) atoms. The lowest BCUT2D eigenvalue weighted by Crippen LogP contribution is -2.65. The van der Waals surface area contributed by atoms with Crippen LogP contribution in [0.3, 0.4) is 0 Å². The minimum atomic E-state index is -1.50. The summed E-state index contributed by atoms with van der Waals surface area (Å²) < 4.78 is 33.3. The Morgan fingerprint density at radius 1 is 1.20 bits per heavy atom. The predicted molar refractivity (Wildman–Crippen MR) is 143 cm³/mol. The third-order valence-corrected chi connectivity index (χ3v) is 6.63. The SMILES string of the molecule is CCOC(=O)c1c(O)c2ccc(O[C@@H]3OC(C)(C)[C@H](OC)[C@H](OC(=O)NCc4ccccn4)[C@H]3O)c(C)c2oc1=O. The number of benzene rings is 1. The van der Waals surface area contributed by atoms with Crippen LogP contribution in [0, 0.1) is 6.92 Å². The minimum Gasteiger partial charge on any atom is -0.506 e. The van der Waals surface area contributed by atoms with Crippen molar-refractivity contribution in [3.05, 3.63) is 63.8 Å². The van der Waals surface area contributed by atoms with Crippen molar-refractivity contribution >= 4 is 23.0 Å². The van der Waals surface area contributed by atoms with Gasteiger partial charge in [0.1, 0.15) is 23.2 Å². The molecule has 1 amide bonds. The van der Waals surface area contributed by atoms with E-state index in [1.807, 2.05) is 0 Å². The molecule has 1 aliphatic heterocycles. The summed E-state index contributed by atoms with van der Waals surface area (Å²) in [6, 6.07) is 8.10. The van der Waals surface area contributed by atoms with Crippen LogP contribution in [0.25, 0.3) is 11.0 Å². The average molecular weight is 573 g/mol. The lowest BCUT2D eigenvalue weighted by Gasteiger charge is -2.47. The van der Waals surface area contributed by atoms with Crippen molar-refractivity contribution in [3.8, 4) is 11.5 Å². The Hall–Kier alpha value is -4.20. The molecule has 0 bridgehead atoms. The van der Waals surface area contributed by atoms with Crippen molar-refractivity contribution in [1.29, 1.82) is 0 Å². The number of rotatable bonds is 8. The third-order valence-electron chi connectivity index (χ3n) is 6.63. The number of esters is 1. The average Bonchev–Trinajstić information content (AvgIpc) is 2.92. The van der Waals surface area contributed by atoms with Gasteiger partial charge in [0, 0.05) is 18.9 Å². The molecular weight excluding hydrogens is 540 g/mol. The first kappa shape index (κ1) is 29.8. The first-order valence-corrected chi connectivity index (χ1v) is 12.8. The summed E-state index contributed by atoms with van der Waals surface area (Å²) in [4.78, 5) is 41.4. The normalized spacial score (nSPS) is 21.7. The van der Waals surface area contributed by atoms with E-state index < -0.39 is 59.2 Å². The molecule has 4 atom stereocenters. The summed E-state index contributed by atoms with van der Waals surface area (Å²) in [5.41, 5.74) is -1.95. The van der Waals surface area contributed by atoms with Gasteiger partial charge in [-0.05, 0) is 52.0 Å². The molecule has 1 fully saturated rings. The Bertz CT molecular complexity index is 1470. The van der Waals surface area contributed by atoms with Gasteiger partial charge in [-0.1, -0.05) is 6.07 Å². The summed E-state index contributed by atoms with van der Waals surface area (Å²) >= 11 is 0. The van der Waals surface area contributed by atoms with Gasteiger partial charge in [0.2, 0.25) is 6.29 Å². The van der Waals surface area contributed by atoms with Crippen molar-refractivity contribution in [2.24, 2.45) is 0 Å². The van der Waals surface area contributed by atoms with Crippen LogP contribution in [-0.2, 0) is 25.5 Å². The first-order valence-electron chi connectivity index (χ1n) is 12.8. The van der Waals surface area contributed by atoms with Crippen LogP contribution < -0.4 is 15.7 Å². The van der Waals surface area contributed by atoms with Crippen LogP contribution in [0.5, 0.6) is 11.5 Å². The second-order valence-corrected chi connectivity index (χ2v) is 9.80. The number of methoxy groups -OCH3 is 1. The highest BCUT2D eigenvalue weighted by Gasteiger charge is 2.53. The Balaban J connectivity index is 1.59. The van der Waals surface area contributed by atoms with E-state index in [9.17, 15) is 24.6 Å². The summed E-state index contributed by atoms with van der Waals surface area (Å²) in [5, 5.41) is 24.5. The van der Waals surface area contributed by atoms with E-state index in [4.69, 9.17) is 28.1 Å². The number of nitrogens with zero attached hydrogens (tertiary/aromatic N) is 1. The maximum absolute atomic E-state index is 12.6. The van der Waals surface area contributed by atoms with E-state index in [1.54, 1.807) is 52.1 Å². The quantitative estimate of drug-likeness (QED) is 0.266. The summed E-state index contributed by atoms with van der Waals surface area (Å²) in [7, 11) is 1.40. The van der Waals surface area contributed by atoms with Gasteiger partial charge in [-0.25, -0.2) is 14.4 Å². The number of aryl methyl sites for hydroxylation is 1. The minimum absolute atomic E-state index is 0.00213. The van der Waals surface area contributed by atoms with Crippen LogP contribution in [0.4, 0.5) is 4.79 Å². The lowest BCUT2D eigenvalue weighted by atomic mass is 9.89. The fourth-order valence-electron chi connectivity index (χ4n) is 4.64. The molecule has 0 radical (unpaired) electrons. The van der Waals surface area contributed by atoms with Crippen LogP contribution in [0.15, 0.2) is 45.7 Å². The molecule has 0 saturated carbocycles. The van der Waals surface area contributed by atoms with E-state index in [-0.39, 0.29) is 35.4 Å². The molecule has 1 aliphatic rings. The van der Waals surface area contributed by atoms with E-state index in [2.05, 4.69) is 10.3 Å². The fourth-order valence-corrected chi connectivity index (χ4v) is 4.64. The van der Waals surface area contributed by atoms with Gasteiger partial charge in [0.05, 0.1) is 29.8 Å². The molecule has 3 aromatic rings. The first-order chi connectivity index (χ1) is 19.5. The number of aromatic hydroxyl groups is 1. The topological polar surface area (TPSA) is 176 Å². The molecule has 0 unspecified atom stereocenters. The van der Waals surface area contributed by atoms with Gasteiger partial charge in [-0.2, -0.15) is 0 Å². The number of aliphatic hydroxyl groups excluding tert-OH is 1. The number of hydrogen-bond donors (Lipinski definition) is 3. The summed E-state index contributed by atoms with van der Waals surface area (Å²) in [5.74, 6) is -1.46. The number of amides is 1. The Kier molecular flexibility index (Phi) is 8.80. The molecule has 0 aliphatic carbocycles. The van der Waals surface area contributed by atoms with Crippen molar-refractivity contribution in [1.82, 2.24) is 10.3 Å². The van der Waals surface area contributed by atoms with Crippen molar-refractivity contribution < 1.29 is 47.9 Å². The molecule has 4 rings (SSSR count). The number of ether oxygens (including phenoxy) is 5. The van der Waals surface area contributed by atoms with Crippen LogP contribution >= 0.6 is 0 Å². The van der Waals surface area contributed by atoms with Gasteiger partial charge in [0.15, 0.2) is 17.8 Å². The zero-order valence-electron chi connectivity index (χ0n) is 23.2. The number of fused-ring (bicyclic) bond motifs is 1. The fraction of sp³-hybridized carbons (Fsp3) is 0.429. The molecule has 3 heterocycles. The Morgan fingerprint density at radius 3 is 2.61 bits per heavy atom. The highest BCUT2D eigenvalue weighted by atomic mass is 16.7. The number of aromatic nitrogens is 1. The maximum atomic E-state index is 12.6. The number of alkyl carbamates (subject to hydrolysis) is 1. The van der Waals surface area contributed by atoms with E-state index in [1.165, 1.54) is 19.2 Å². The smallest absolute Gasteiger partial charge is 0.407 e. The zero-order chi connectivity index (χ0) is 29.9. The summed E-state index contributed by atoms with van der Waals surface area (Å²) in [6.45, 7) is 6.60. The lowest BCUT2D eigenvalue weighted by molar-refractivity contribution is -0.305. The predicted octanol–water partition coefficient (Wildman–Crippen LogP) is 2.56. The molecular formula is C28H32N2O11. The van der Waals surface area contributed by atoms with Crippen LogP contribution in [-0.4, -0.2) is 71.2 Å². The van der Waals surface area contributed by atoms with Gasteiger partial charge >= 0.3 is 17.7 Å². The number of pyridine rings is 1. The van der Waals surface area contributed by atoms with Gasteiger partial charge in [0.25, 0.3) is 0 Å². The van der Waals surface area contributed by atoms with Gasteiger partial charge < -0.3 is 43.6 Å². The molecule has 0 spiro atoms. The standard InChI is InChI=1S/C28H32N2O11/c1-6-37-24(33)18-19(31)16-10-11-17(14(2)21(16)39-25(18)34)38-26-20(32)22(23(36-5)28(3,4)41-26)40-27(35)30-13-15-9-7-8-12-29-15/h7-12,20,22-23,26,31-32H,6,13H2,1-5H3,(H,30,35)/t20-,22-,23-,26-/m1/s1. The molecule has 3 N–H and O–H groups in total. The van der Waals surface area contributed by atoms with Crippen LogP contribution in [0.1, 0.15) is 42.4 Å². The van der Waals surface area contributed by atoms with Crippen molar-refractivity contribution in [2.45, 2.75) is 64.4 Å². The van der Waals surface area contributed by atoms with E-state index in [0.717, 1.165) is 0 Å². The maximum Gasteiger partial charge on any atom is 0.407 e. The zero-order valence-corrected chi connectivity index (χ0v) is 23.2. The van der Waals surface area contributed by atoms with E-state index >= 15 is 0 Å². The number of carbonyl (C=O) groups excluding carboxylic acids is 2. The second kappa shape index (κ2) is 12.1. The monoisotopic (exact) mass is 572 g/mol. The molecule has 1 aromatic carbocycles. The molecule has 220 valence electrons. The molecule has 13 nitrogen and oxygen atoms in total. The van der Waals surface area contributed by atoms with Gasteiger partial charge in [-0.3, -0.25) is 4.98 Å². The summed E-state index contributed by atoms with van der Waals surface area (Å²) in [6.07, 6.45) is -4.14. The number of nitrogens with one attached hydrogen (secondary N) is 1. The number of hydrogen-bond acceptors (Lipinski definition) is 12. The Morgan fingerprint density at radius 2 is 1.95 bits per heavy atom. The highest BCUT2D eigenvalue weighted by molar-refractivity contribution is 5.99. The van der Waals surface area contributed by atoms with Crippen molar-refractivity contribution in [2.75, 3.05) is 13.7 Å². The van der Waals surface area contributed by atoms with Gasteiger partial charge in [-0.15, -0.1) is 0 Å². The number of aliphatic hydroxyl groups is 1. The molecule has 1 saturated heterocycles. The molecule has 2 aromatic heterocycles.